The Kier molecular flexibility index (Phi) is 5.12. The third kappa shape index (κ3) is 3.55. The van der Waals surface area contributed by atoms with E-state index in [1.165, 1.54) is 0 Å². The van der Waals surface area contributed by atoms with Crippen LogP contribution in [0.5, 0.6) is 0 Å². The fourth-order valence-electron chi connectivity index (χ4n) is 3.22. The van der Waals surface area contributed by atoms with Crippen LogP contribution in [0.3, 0.4) is 0 Å². The summed E-state index contributed by atoms with van der Waals surface area (Å²) in [5, 5.41) is 2.94. The van der Waals surface area contributed by atoms with Crippen LogP contribution in [0, 0.1) is 5.92 Å². The molecule has 1 aromatic heterocycles. The van der Waals surface area contributed by atoms with E-state index in [2.05, 4.69) is 10.3 Å². The van der Waals surface area contributed by atoms with Gasteiger partial charge in [0.05, 0.1) is 12.2 Å². The molecule has 0 bridgehead atoms. The maximum atomic E-state index is 12.9. The van der Waals surface area contributed by atoms with Gasteiger partial charge in [-0.05, 0) is 29.7 Å². The van der Waals surface area contributed by atoms with Crippen LogP contribution < -0.4 is 5.32 Å². The molecule has 2 atom stereocenters. The topological polar surface area (TPSA) is 62.3 Å². The van der Waals surface area contributed by atoms with Crippen molar-refractivity contribution in [1.82, 2.24) is 15.2 Å². The van der Waals surface area contributed by atoms with E-state index in [0.717, 1.165) is 17.7 Å². The molecule has 1 aliphatic rings. The molecule has 0 spiro atoms. The predicted octanol–water partition coefficient (Wildman–Crippen LogP) is 2.77. The lowest BCUT2D eigenvalue weighted by molar-refractivity contribution is -0.127. The minimum Gasteiger partial charge on any atom is -0.349 e. The molecule has 0 saturated heterocycles. The summed E-state index contributed by atoms with van der Waals surface area (Å²) in [6.45, 7) is 4.90. The van der Waals surface area contributed by atoms with Crippen molar-refractivity contribution < 1.29 is 9.59 Å². The molecule has 3 rings (SSSR count). The Balaban J connectivity index is 1.76. The Morgan fingerprint density at radius 2 is 2.00 bits per heavy atom. The molecule has 0 fully saturated rings. The van der Waals surface area contributed by atoms with E-state index in [1.807, 2.05) is 56.3 Å². The average Bonchev–Trinajstić information content (AvgIpc) is 2.97. The monoisotopic (exact) mass is 337 g/mol. The second-order valence-corrected chi connectivity index (χ2v) is 6.46. The summed E-state index contributed by atoms with van der Waals surface area (Å²) in [7, 11) is 0. The third-order valence-corrected chi connectivity index (χ3v) is 4.81. The highest BCUT2D eigenvalue weighted by Gasteiger charge is 2.38. The number of nitrogens with zero attached hydrogens (tertiary/aromatic N) is 2. The highest BCUT2D eigenvalue weighted by atomic mass is 16.2. The van der Waals surface area contributed by atoms with Gasteiger partial charge in [0.1, 0.15) is 6.04 Å². The van der Waals surface area contributed by atoms with Gasteiger partial charge in [-0.15, -0.1) is 0 Å². The Morgan fingerprint density at radius 1 is 1.24 bits per heavy atom. The van der Waals surface area contributed by atoms with Gasteiger partial charge in [0.15, 0.2) is 0 Å². The lowest BCUT2D eigenvalue weighted by atomic mass is 9.96. The highest BCUT2D eigenvalue weighted by molar-refractivity contribution is 6.01. The van der Waals surface area contributed by atoms with Crippen LogP contribution in [0.25, 0.3) is 0 Å². The lowest BCUT2D eigenvalue weighted by Crippen LogP contribution is -2.50. The van der Waals surface area contributed by atoms with Crippen molar-refractivity contribution in [3.8, 4) is 0 Å². The Morgan fingerprint density at radius 3 is 2.68 bits per heavy atom. The molecule has 0 aliphatic carbocycles. The van der Waals surface area contributed by atoms with Gasteiger partial charge in [0.2, 0.25) is 5.91 Å². The molecule has 2 amide bonds. The number of carbonyl (C=O) groups excluding carboxylic acids is 2. The van der Waals surface area contributed by atoms with E-state index in [0.29, 0.717) is 18.7 Å². The average molecular weight is 337 g/mol. The molecule has 25 heavy (non-hydrogen) atoms. The van der Waals surface area contributed by atoms with E-state index in [9.17, 15) is 9.59 Å². The molecule has 0 saturated carbocycles. The van der Waals surface area contributed by atoms with Crippen molar-refractivity contribution in [2.45, 2.75) is 39.4 Å². The highest BCUT2D eigenvalue weighted by Crippen LogP contribution is 2.28. The Labute approximate surface area is 148 Å². The smallest absolute Gasteiger partial charge is 0.255 e. The Bertz CT molecular complexity index is 761. The minimum absolute atomic E-state index is 0.0612. The van der Waals surface area contributed by atoms with Crippen molar-refractivity contribution in [2.24, 2.45) is 5.92 Å². The largest absolute Gasteiger partial charge is 0.349 e. The zero-order valence-electron chi connectivity index (χ0n) is 14.6. The fourth-order valence-corrected chi connectivity index (χ4v) is 3.22. The van der Waals surface area contributed by atoms with Gasteiger partial charge in [0, 0.05) is 18.3 Å². The molecule has 1 aromatic carbocycles. The number of hydrogen-bond donors (Lipinski definition) is 1. The number of fused-ring (bicyclic) bond motifs is 1. The first kappa shape index (κ1) is 17.1. The SMILES string of the molecule is CC[C@@H](C)[C@@H](C(=O)NCc1ccccn1)N1Cc2ccccc2C1=O. The number of aromatic nitrogens is 1. The molecule has 2 heterocycles. The number of carbonyl (C=O) groups is 2. The zero-order valence-corrected chi connectivity index (χ0v) is 14.6. The van der Waals surface area contributed by atoms with Crippen LogP contribution in [-0.2, 0) is 17.9 Å². The maximum absolute atomic E-state index is 12.9. The molecular formula is C20H23N3O2. The molecule has 5 heteroatoms. The van der Waals surface area contributed by atoms with Crippen LogP contribution in [0.15, 0.2) is 48.7 Å². The number of rotatable bonds is 6. The van der Waals surface area contributed by atoms with Crippen molar-refractivity contribution in [1.29, 1.82) is 0 Å². The first-order chi connectivity index (χ1) is 12.1. The molecule has 130 valence electrons. The molecule has 5 nitrogen and oxygen atoms in total. The number of benzene rings is 1. The van der Waals surface area contributed by atoms with Crippen LogP contribution in [0.4, 0.5) is 0 Å². The summed E-state index contributed by atoms with van der Waals surface area (Å²) >= 11 is 0. The molecular weight excluding hydrogens is 314 g/mol. The van der Waals surface area contributed by atoms with Crippen molar-refractivity contribution >= 4 is 11.8 Å². The summed E-state index contributed by atoms with van der Waals surface area (Å²) in [6.07, 6.45) is 2.52. The van der Waals surface area contributed by atoms with E-state index >= 15 is 0 Å². The quantitative estimate of drug-likeness (QED) is 0.882. The minimum atomic E-state index is -0.478. The van der Waals surface area contributed by atoms with E-state index in [1.54, 1.807) is 11.1 Å². The van der Waals surface area contributed by atoms with Crippen molar-refractivity contribution in [2.75, 3.05) is 0 Å². The summed E-state index contributed by atoms with van der Waals surface area (Å²) in [4.78, 5) is 31.6. The lowest BCUT2D eigenvalue weighted by Gasteiger charge is -2.31. The van der Waals surface area contributed by atoms with Gasteiger partial charge >= 0.3 is 0 Å². The standard InChI is InChI=1S/C20H23N3O2/c1-3-14(2)18(19(24)22-12-16-9-6-7-11-21-16)23-13-15-8-4-5-10-17(15)20(23)25/h4-11,14,18H,3,12-13H2,1-2H3,(H,22,24)/t14-,18+/m1/s1. The molecule has 0 radical (unpaired) electrons. The first-order valence-electron chi connectivity index (χ1n) is 8.68. The number of nitrogens with one attached hydrogen (secondary N) is 1. The number of pyridine rings is 1. The van der Waals surface area contributed by atoms with E-state index < -0.39 is 6.04 Å². The molecule has 1 N–H and O–H groups in total. The first-order valence-corrected chi connectivity index (χ1v) is 8.68. The predicted molar refractivity (Wildman–Crippen MR) is 95.6 cm³/mol. The van der Waals surface area contributed by atoms with Crippen LogP contribution in [0.2, 0.25) is 0 Å². The summed E-state index contributed by atoms with van der Waals surface area (Å²) in [5.74, 6) is -0.114. The fraction of sp³-hybridized carbons (Fsp3) is 0.350. The van der Waals surface area contributed by atoms with Gasteiger partial charge in [-0.1, -0.05) is 44.5 Å². The second kappa shape index (κ2) is 7.47. The summed E-state index contributed by atoms with van der Waals surface area (Å²) < 4.78 is 0. The number of amides is 2. The van der Waals surface area contributed by atoms with Gasteiger partial charge in [-0.3, -0.25) is 14.6 Å². The van der Waals surface area contributed by atoms with Crippen molar-refractivity contribution in [3.05, 3.63) is 65.5 Å². The molecule has 0 unspecified atom stereocenters. The van der Waals surface area contributed by atoms with Gasteiger partial charge in [-0.2, -0.15) is 0 Å². The third-order valence-electron chi connectivity index (χ3n) is 4.81. The van der Waals surface area contributed by atoms with E-state index in [4.69, 9.17) is 0 Å². The van der Waals surface area contributed by atoms with Crippen LogP contribution in [-0.4, -0.2) is 27.7 Å². The summed E-state index contributed by atoms with van der Waals surface area (Å²) in [5.41, 5.74) is 2.49. The number of hydrogen-bond acceptors (Lipinski definition) is 3. The normalized spacial score (nSPS) is 15.6. The molecule has 1 aliphatic heterocycles. The zero-order chi connectivity index (χ0) is 17.8. The van der Waals surface area contributed by atoms with E-state index in [-0.39, 0.29) is 17.7 Å². The van der Waals surface area contributed by atoms with Gasteiger partial charge in [0.25, 0.3) is 5.91 Å². The Hall–Kier alpha value is -2.69. The second-order valence-electron chi connectivity index (χ2n) is 6.46. The molecule has 2 aromatic rings. The van der Waals surface area contributed by atoms with Crippen molar-refractivity contribution in [3.63, 3.8) is 0 Å². The summed E-state index contributed by atoms with van der Waals surface area (Å²) in [6, 6.07) is 12.7. The van der Waals surface area contributed by atoms with Gasteiger partial charge < -0.3 is 10.2 Å². The van der Waals surface area contributed by atoms with Crippen LogP contribution >= 0.6 is 0 Å². The maximum Gasteiger partial charge on any atom is 0.255 e. The van der Waals surface area contributed by atoms with Crippen LogP contribution in [0.1, 0.15) is 41.9 Å². The van der Waals surface area contributed by atoms with Gasteiger partial charge in [-0.25, -0.2) is 0 Å².